The molecule has 1 aromatic carbocycles. The molecule has 0 radical (unpaired) electrons. The maximum atomic E-state index is 12.8. The van der Waals surface area contributed by atoms with E-state index < -0.39 is 12.0 Å². The number of halogens is 3. The van der Waals surface area contributed by atoms with Crippen molar-refractivity contribution >= 4 is 5.71 Å². The Labute approximate surface area is 246 Å². The summed E-state index contributed by atoms with van der Waals surface area (Å²) in [6.45, 7) is 9.52. The van der Waals surface area contributed by atoms with Crippen LogP contribution in [0.4, 0.5) is 13.2 Å². The molecule has 1 saturated carbocycles. The van der Waals surface area contributed by atoms with Crippen molar-refractivity contribution in [2.75, 3.05) is 13.6 Å². The van der Waals surface area contributed by atoms with E-state index in [1.54, 1.807) is 6.07 Å². The van der Waals surface area contributed by atoms with Crippen LogP contribution in [0.1, 0.15) is 49.1 Å². The minimum Gasteiger partial charge on any atom is -0.705 e. The summed E-state index contributed by atoms with van der Waals surface area (Å²) in [7, 11) is 2.17. The zero-order valence-electron chi connectivity index (χ0n) is 22.4. The number of likely N-dealkylation sites (tertiary alicyclic amines) is 1. The van der Waals surface area contributed by atoms with Gasteiger partial charge in [0.15, 0.2) is 0 Å². The quantitative estimate of drug-likeness (QED) is 0.218. The molecule has 2 aliphatic rings. The van der Waals surface area contributed by atoms with Crippen LogP contribution >= 0.6 is 0 Å². The fourth-order valence-electron chi connectivity index (χ4n) is 3.92. The number of alkyl halides is 2. The van der Waals surface area contributed by atoms with Crippen LogP contribution in [0, 0.1) is 11.4 Å². The van der Waals surface area contributed by atoms with E-state index in [4.69, 9.17) is 11.1 Å². The second-order valence-corrected chi connectivity index (χ2v) is 9.03. The van der Waals surface area contributed by atoms with Crippen LogP contribution in [0.3, 0.4) is 0 Å². The topological polar surface area (TPSA) is 75.8 Å². The van der Waals surface area contributed by atoms with Gasteiger partial charge in [0.05, 0.1) is 0 Å². The molecule has 2 fully saturated rings. The van der Waals surface area contributed by atoms with Crippen molar-refractivity contribution in [3.63, 3.8) is 0 Å². The first-order valence-corrected chi connectivity index (χ1v) is 12.4. The van der Waals surface area contributed by atoms with E-state index in [9.17, 15) is 13.2 Å². The van der Waals surface area contributed by atoms with Gasteiger partial charge in [-0.05, 0) is 56.8 Å². The number of aromatic nitrogens is 1. The number of nitrogens with one attached hydrogen (secondary N) is 3. The Morgan fingerprint density at radius 3 is 2.39 bits per heavy atom. The van der Waals surface area contributed by atoms with Crippen molar-refractivity contribution in [1.29, 1.82) is 5.41 Å². The van der Waals surface area contributed by atoms with Crippen molar-refractivity contribution in [3.05, 3.63) is 108 Å². The van der Waals surface area contributed by atoms with Gasteiger partial charge < -0.3 is 16.5 Å². The molecular formula is C29H37F3N5Na. The monoisotopic (exact) mass is 535 g/mol. The van der Waals surface area contributed by atoms with Crippen LogP contribution in [0.2, 0.25) is 0 Å². The third-order valence-corrected chi connectivity index (χ3v) is 6.18. The van der Waals surface area contributed by atoms with Gasteiger partial charge in [0.2, 0.25) is 5.95 Å². The average molecular weight is 536 g/mol. The van der Waals surface area contributed by atoms with Gasteiger partial charge in [-0.2, -0.15) is 10.6 Å². The summed E-state index contributed by atoms with van der Waals surface area (Å²) < 4.78 is 36.6. The second-order valence-electron chi connectivity index (χ2n) is 9.03. The molecule has 1 aliphatic heterocycles. The summed E-state index contributed by atoms with van der Waals surface area (Å²) >= 11 is 0. The first kappa shape index (κ1) is 33.6. The molecule has 4 rings (SSSR count). The number of pyridine rings is 1. The summed E-state index contributed by atoms with van der Waals surface area (Å²) in [5.74, 6) is 0.179. The number of hydrogen-bond donors (Lipinski definition) is 2. The zero-order valence-corrected chi connectivity index (χ0v) is 24.4. The second kappa shape index (κ2) is 18.0. The summed E-state index contributed by atoms with van der Waals surface area (Å²) in [6, 6.07) is 14.6. The van der Waals surface area contributed by atoms with Crippen LogP contribution < -0.4 is 34.9 Å². The molecule has 3 N–H and O–H groups in total. The van der Waals surface area contributed by atoms with Gasteiger partial charge in [0.25, 0.3) is 6.43 Å². The largest absolute Gasteiger partial charge is 1.00 e. The number of allylic oxidation sites excluding steroid dienone is 2. The van der Waals surface area contributed by atoms with Gasteiger partial charge in [-0.1, -0.05) is 49.1 Å². The number of nitrogens with zero attached hydrogens (tertiary/aromatic N) is 2. The number of rotatable bonds is 9. The van der Waals surface area contributed by atoms with Crippen molar-refractivity contribution in [3.8, 4) is 0 Å². The standard InChI is InChI=1S/C14H20N2.C8H8FN.C7H9F2N2.Na/c1-12(14-9-6-10-16(14)2)15-11-13-7-4-3-5-8-13;9-8-7(6-3-4-6)2-1-5-10-8;1-2-3-6(11)5(4-10)7(8)9;/h3-5,7-8,14-15H,1,6,9-11H2,2H3;1-2,5-6H,3-4H2;2,4,7,10-11H,1,3H2;/q;;-1;+1/b;;5-4+,11-6?;. The third kappa shape index (κ3) is 11.6. The molecule has 200 valence electrons. The summed E-state index contributed by atoms with van der Waals surface area (Å²) in [4.78, 5) is 5.95. The van der Waals surface area contributed by atoms with Crippen LogP contribution in [-0.2, 0) is 6.54 Å². The van der Waals surface area contributed by atoms with Crippen molar-refractivity contribution < 1.29 is 42.7 Å². The predicted octanol–water partition coefficient (Wildman–Crippen LogP) is 4.27. The van der Waals surface area contributed by atoms with E-state index in [0.29, 0.717) is 18.2 Å². The molecule has 9 heteroatoms. The van der Waals surface area contributed by atoms with Crippen LogP contribution in [0.15, 0.2) is 85.4 Å². The third-order valence-electron chi connectivity index (χ3n) is 6.18. The van der Waals surface area contributed by atoms with E-state index in [-0.39, 0.29) is 47.6 Å². The smallest absolute Gasteiger partial charge is 0.705 e. The van der Waals surface area contributed by atoms with E-state index in [1.165, 1.54) is 37.2 Å². The van der Waals surface area contributed by atoms with Gasteiger partial charge in [0, 0.05) is 47.7 Å². The molecule has 1 saturated heterocycles. The maximum absolute atomic E-state index is 12.8. The SMILES string of the molecule is C=C(NCc1ccccc1)C1CCCN1C.C=CCC(=N)/C(=C\[NH-])C(F)F.Fc1ncccc1C1CC1.[Na+]. The van der Waals surface area contributed by atoms with Gasteiger partial charge in [-0.15, -0.1) is 6.58 Å². The molecular weight excluding hydrogens is 498 g/mol. The number of hydrogen-bond acceptors (Lipinski definition) is 4. The molecule has 1 aliphatic carbocycles. The Balaban J connectivity index is 0.000000292. The van der Waals surface area contributed by atoms with Gasteiger partial charge in [-0.25, -0.2) is 13.8 Å². The minimum atomic E-state index is -2.74. The van der Waals surface area contributed by atoms with Crippen LogP contribution in [-0.4, -0.2) is 41.7 Å². The molecule has 38 heavy (non-hydrogen) atoms. The van der Waals surface area contributed by atoms with E-state index >= 15 is 0 Å². The Morgan fingerprint density at radius 2 is 1.89 bits per heavy atom. The molecule has 0 amide bonds. The first-order chi connectivity index (χ1) is 17.8. The molecule has 1 aromatic heterocycles. The molecule has 0 spiro atoms. The van der Waals surface area contributed by atoms with E-state index in [2.05, 4.69) is 59.7 Å². The maximum Gasteiger partial charge on any atom is 1.00 e. The Morgan fingerprint density at radius 1 is 1.21 bits per heavy atom. The number of benzene rings is 1. The summed E-state index contributed by atoms with van der Waals surface area (Å²) in [6.07, 6.45) is 5.47. The molecule has 1 atom stereocenters. The fourth-order valence-corrected chi connectivity index (χ4v) is 3.92. The molecule has 2 aromatic rings. The zero-order chi connectivity index (χ0) is 27.2. The summed E-state index contributed by atoms with van der Waals surface area (Å²) in [5, 5.41) is 10.5. The number of likely N-dealkylation sites (N-methyl/N-ethyl adjacent to an activating group) is 1. The Bertz CT molecular complexity index is 1040. The van der Waals surface area contributed by atoms with E-state index in [0.717, 1.165) is 30.6 Å². The van der Waals surface area contributed by atoms with Crippen molar-refractivity contribution in [2.24, 2.45) is 0 Å². The van der Waals surface area contributed by atoms with Gasteiger partial charge >= 0.3 is 29.6 Å². The van der Waals surface area contributed by atoms with Crippen LogP contribution in [0.25, 0.3) is 5.73 Å². The Kier molecular flexibility index (Phi) is 15.9. The van der Waals surface area contributed by atoms with Gasteiger partial charge in [0.1, 0.15) is 0 Å². The molecule has 5 nitrogen and oxygen atoms in total. The van der Waals surface area contributed by atoms with Crippen molar-refractivity contribution in [1.82, 2.24) is 15.2 Å². The van der Waals surface area contributed by atoms with Crippen molar-refractivity contribution in [2.45, 2.75) is 57.0 Å². The molecule has 0 bridgehead atoms. The predicted molar refractivity (Wildman–Crippen MR) is 145 cm³/mol. The van der Waals surface area contributed by atoms with E-state index in [1.807, 2.05) is 12.1 Å². The summed E-state index contributed by atoms with van der Waals surface area (Å²) in [5.41, 5.74) is 9.06. The normalized spacial score (nSPS) is 16.8. The fraction of sp³-hybridized carbons (Fsp3) is 0.379. The average Bonchev–Trinajstić information content (AvgIpc) is 3.64. The Hall–Kier alpha value is -2.39. The van der Waals surface area contributed by atoms with Crippen LogP contribution in [0.5, 0.6) is 0 Å². The first-order valence-electron chi connectivity index (χ1n) is 12.4. The molecule has 1 unspecified atom stereocenters. The molecule has 2 heterocycles. The van der Waals surface area contributed by atoms with Gasteiger partial charge in [-0.3, -0.25) is 4.90 Å². The minimum absolute atomic E-state index is 0.